The van der Waals surface area contributed by atoms with Crippen molar-refractivity contribution < 1.29 is 14.3 Å². The predicted octanol–water partition coefficient (Wildman–Crippen LogP) is 5.49. The lowest BCUT2D eigenvalue weighted by molar-refractivity contribution is 0.0883. The normalized spacial score (nSPS) is 16.1. The van der Waals surface area contributed by atoms with E-state index in [0.717, 1.165) is 35.2 Å². The standard InChI is InChI=1S/C30H41N7O3Si/c1-22(2)26-20-34(15-16-39-3)30(38)37(26)27-11-13-36-29(33-27)25(19-32-36)23-7-9-24(10-8-23)28-31-12-14-35(28)21-40-17-18-41(4,5)6/h7-14,19,22,26H,15-18,20-21H2,1-6H3/t26-/m1/s1. The number of amides is 2. The molecule has 0 spiro atoms. The molecule has 5 rings (SSSR count). The number of rotatable bonds is 12. The maximum absolute atomic E-state index is 13.4. The number of benzene rings is 1. The van der Waals surface area contributed by atoms with Crippen molar-refractivity contribution in [2.45, 2.75) is 52.3 Å². The molecule has 1 aliphatic rings. The minimum atomic E-state index is -1.13. The minimum absolute atomic E-state index is 0.0308. The molecule has 41 heavy (non-hydrogen) atoms. The van der Waals surface area contributed by atoms with Gasteiger partial charge in [0.15, 0.2) is 5.65 Å². The molecular formula is C30H41N7O3Si. The molecule has 2 amide bonds. The summed E-state index contributed by atoms with van der Waals surface area (Å²) < 4.78 is 15.0. The number of carbonyl (C=O) groups is 1. The van der Waals surface area contributed by atoms with E-state index in [0.29, 0.717) is 37.9 Å². The molecule has 10 nitrogen and oxygen atoms in total. The highest BCUT2D eigenvalue weighted by Crippen LogP contribution is 2.31. The van der Waals surface area contributed by atoms with Crippen LogP contribution in [0.3, 0.4) is 0 Å². The zero-order chi connectivity index (χ0) is 29.1. The SMILES string of the molecule is COCCN1C[C@H](C(C)C)N(c2ccn3ncc(-c4ccc(-c5nccn5COCC[Si](C)(C)C)cc4)c3n2)C1=O. The number of urea groups is 1. The second-order valence-electron chi connectivity index (χ2n) is 12.2. The number of ether oxygens (including phenoxy) is 2. The van der Waals surface area contributed by atoms with Gasteiger partial charge in [0.05, 0.1) is 18.8 Å². The molecular weight excluding hydrogens is 534 g/mol. The Hall–Kier alpha value is -3.54. The fraction of sp³-hybridized carbons (Fsp3) is 0.467. The van der Waals surface area contributed by atoms with Crippen LogP contribution in [0.2, 0.25) is 25.7 Å². The van der Waals surface area contributed by atoms with E-state index in [2.05, 4.69) is 67.8 Å². The molecule has 0 saturated carbocycles. The van der Waals surface area contributed by atoms with Crippen LogP contribution in [0.4, 0.5) is 10.6 Å². The van der Waals surface area contributed by atoms with E-state index < -0.39 is 8.07 Å². The Bertz CT molecular complexity index is 1480. The Morgan fingerprint density at radius 2 is 1.80 bits per heavy atom. The van der Waals surface area contributed by atoms with Gasteiger partial charge in [0.1, 0.15) is 18.4 Å². The van der Waals surface area contributed by atoms with Crippen LogP contribution in [0.1, 0.15) is 13.8 Å². The molecule has 1 aromatic carbocycles. The zero-order valence-electron chi connectivity index (χ0n) is 24.9. The zero-order valence-corrected chi connectivity index (χ0v) is 25.9. The number of fused-ring (bicyclic) bond motifs is 1. The first kappa shape index (κ1) is 29.0. The number of aromatic nitrogens is 5. The molecule has 0 aliphatic carbocycles. The Morgan fingerprint density at radius 1 is 1.05 bits per heavy atom. The van der Waals surface area contributed by atoms with Crippen LogP contribution in [-0.2, 0) is 16.2 Å². The first-order chi connectivity index (χ1) is 19.7. The van der Waals surface area contributed by atoms with Crippen LogP contribution in [0, 0.1) is 5.92 Å². The predicted molar refractivity (Wildman–Crippen MR) is 164 cm³/mol. The van der Waals surface area contributed by atoms with Crippen LogP contribution in [0.25, 0.3) is 28.2 Å². The topological polar surface area (TPSA) is 90.0 Å². The Labute approximate surface area is 242 Å². The smallest absolute Gasteiger partial charge is 0.326 e. The molecule has 11 heteroatoms. The lowest BCUT2D eigenvalue weighted by Crippen LogP contribution is -2.38. The number of hydrogen-bond acceptors (Lipinski definition) is 6. The largest absolute Gasteiger partial charge is 0.383 e. The summed E-state index contributed by atoms with van der Waals surface area (Å²) in [5.74, 6) is 1.78. The first-order valence-corrected chi connectivity index (χ1v) is 18.0. The van der Waals surface area contributed by atoms with Gasteiger partial charge in [0.2, 0.25) is 0 Å². The third kappa shape index (κ3) is 6.37. The molecule has 218 valence electrons. The van der Waals surface area contributed by atoms with Gasteiger partial charge in [-0.1, -0.05) is 57.8 Å². The highest BCUT2D eigenvalue weighted by atomic mass is 28.3. The van der Waals surface area contributed by atoms with E-state index in [9.17, 15) is 4.79 Å². The number of nitrogens with zero attached hydrogens (tertiary/aromatic N) is 7. The Morgan fingerprint density at radius 3 is 2.51 bits per heavy atom. The van der Waals surface area contributed by atoms with Crippen molar-refractivity contribution in [3.8, 4) is 22.5 Å². The number of anilines is 1. The van der Waals surface area contributed by atoms with Gasteiger partial charge in [-0.05, 0) is 23.6 Å². The molecule has 0 N–H and O–H groups in total. The molecule has 1 aliphatic heterocycles. The number of hydrogen-bond donors (Lipinski definition) is 0. The van der Waals surface area contributed by atoms with Crippen molar-refractivity contribution in [2.75, 3.05) is 38.3 Å². The van der Waals surface area contributed by atoms with Gasteiger partial charge in [-0.2, -0.15) is 5.10 Å². The fourth-order valence-corrected chi connectivity index (χ4v) is 5.81. The number of imidazole rings is 1. The monoisotopic (exact) mass is 575 g/mol. The van der Waals surface area contributed by atoms with Crippen molar-refractivity contribution in [3.05, 3.63) is 55.1 Å². The summed E-state index contributed by atoms with van der Waals surface area (Å²) in [6.45, 7) is 14.3. The molecule has 0 radical (unpaired) electrons. The van der Waals surface area contributed by atoms with Crippen molar-refractivity contribution in [2.24, 2.45) is 5.92 Å². The maximum atomic E-state index is 13.4. The van der Waals surface area contributed by atoms with Crippen molar-refractivity contribution >= 4 is 25.6 Å². The molecule has 1 saturated heterocycles. The number of methoxy groups -OCH3 is 1. The molecule has 4 heterocycles. The highest BCUT2D eigenvalue weighted by Gasteiger charge is 2.40. The average molecular weight is 576 g/mol. The number of carbonyl (C=O) groups excluding carboxylic acids is 1. The summed E-state index contributed by atoms with van der Waals surface area (Å²) in [6, 6.07) is 11.3. The van der Waals surface area contributed by atoms with E-state index in [1.165, 1.54) is 0 Å². The van der Waals surface area contributed by atoms with Gasteiger partial charge in [0.25, 0.3) is 0 Å². The van der Waals surface area contributed by atoms with Crippen molar-refractivity contribution in [3.63, 3.8) is 0 Å². The third-order valence-electron chi connectivity index (χ3n) is 7.55. The molecule has 0 unspecified atom stereocenters. The fourth-order valence-electron chi connectivity index (χ4n) is 5.06. The average Bonchev–Trinajstić information content (AvgIpc) is 3.66. The second kappa shape index (κ2) is 12.1. The van der Waals surface area contributed by atoms with Crippen LogP contribution in [0.5, 0.6) is 0 Å². The van der Waals surface area contributed by atoms with E-state index in [-0.39, 0.29) is 18.0 Å². The molecule has 4 aromatic rings. The quantitative estimate of drug-likeness (QED) is 0.164. The molecule has 3 aromatic heterocycles. The van der Waals surface area contributed by atoms with Gasteiger partial charge < -0.3 is 18.9 Å². The summed E-state index contributed by atoms with van der Waals surface area (Å²) in [4.78, 5) is 26.6. The lowest BCUT2D eigenvalue weighted by Gasteiger charge is -2.25. The first-order valence-electron chi connectivity index (χ1n) is 14.3. The van der Waals surface area contributed by atoms with Gasteiger partial charge in [-0.15, -0.1) is 0 Å². The van der Waals surface area contributed by atoms with Crippen LogP contribution >= 0.6 is 0 Å². The van der Waals surface area contributed by atoms with Crippen molar-refractivity contribution in [1.29, 1.82) is 0 Å². The van der Waals surface area contributed by atoms with Crippen LogP contribution < -0.4 is 4.90 Å². The summed E-state index contributed by atoms with van der Waals surface area (Å²) in [6.07, 6.45) is 7.46. The van der Waals surface area contributed by atoms with Crippen LogP contribution in [-0.4, -0.2) is 82.6 Å². The van der Waals surface area contributed by atoms with Gasteiger partial charge in [0, 0.05) is 64.6 Å². The maximum Gasteiger partial charge on any atom is 0.326 e. The van der Waals surface area contributed by atoms with Crippen molar-refractivity contribution in [1.82, 2.24) is 29.0 Å². The van der Waals surface area contributed by atoms with Gasteiger partial charge in [-0.3, -0.25) is 4.90 Å². The van der Waals surface area contributed by atoms with Gasteiger partial charge >= 0.3 is 6.03 Å². The third-order valence-corrected chi connectivity index (χ3v) is 9.25. The van der Waals surface area contributed by atoms with E-state index >= 15 is 0 Å². The lowest BCUT2D eigenvalue weighted by atomic mass is 10.0. The van der Waals surface area contributed by atoms with Crippen LogP contribution in [0.15, 0.2) is 55.1 Å². The van der Waals surface area contributed by atoms with E-state index in [4.69, 9.17) is 14.5 Å². The van der Waals surface area contributed by atoms with E-state index in [1.807, 2.05) is 45.2 Å². The summed E-state index contributed by atoms with van der Waals surface area (Å²) in [5.41, 5.74) is 3.61. The highest BCUT2D eigenvalue weighted by molar-refractivity contribution is 6.76. The molecule has 0 bridgehead atoms. The molecule has 1 fully saturated rings. The second-order valence-corrected chi connectivity index (χ2v) is 17.8. The van der Waals surface area contributed by atoms with E-state index in [1.54, 1.807) is 11.6 Å². The van der Waals surface area contributed by atoms with Gasteiger partial charge in [-0.25, -0.2) is 19.3 Å². The minimum Gasteiger partial charge on any atom is -0.383 e. The Kier molecular flexibility index (Phi) is 8.57. The summed E-state index contributed by atoms with van der Waals surface area (Å²) >= 11 is 0. The Balaban J connectivity index is 1.37. The summed E-state index contributed by atoms with van der Waals surface area (Å²) in [7, 11) is 0.524. The summed E-state index contributed by atoms with van der Waals surface area (Å²) in [5, 5.41) is 4.53. The molecule has 1 atom stereocenters.